The van der Waals surface area contributed by atoms with Gasteiger partial charge in [-0.2, -0.15) is 28.2 Å². The summed E-state index contributed by atoms with van der Waals surface area (Å²) < 4.78 is 63.1. The van der Waals surface area contributed by atoms with Crippen LogP contribution in [0.4, 0.5) is 0 Å². The first-order valence-corrected chi connectivity index (χ1v) is 8.64. The predicted molar refractivity (Wildman–Crippen MR) is 69.4 cm³/mol. The van der Waals surface area contributed by atoms with E-state index >= 15 is 0 Å². The topological polar surface area (TPSA) is 109 Å². The Bertz CT molecular complexity index is 816. The van der Waals surface area contributed by atoms with E-state index in [9.17, 15) is 16.8 Å². The van der Waals surface area contributed by atoms with Crippen LogP contribution >= 0.6 is 11.3 Å². The molecule has 0 aliphatic heterocycles. The number of hydrogen-bond acceptors (Lipinski definition) is 5. The van der Waals surface area contributed by atoms with Gasteiger partial charge in [0.25, 0.3) is 20.2 Å². The van der Waals surface area contributed by atoms with E-state index in [0.717, 1.165) is 17.4 Å². The molecule has 2 rings (SSSR count). The van der Waals surface area contributed by atoms with Crippen molar-refractivity contribution in [3.8, 4) is 11.1 Å². The quantitative estimate of drug-likeness (QED) is 0.836. The van der Waals surface area contributed by atoms with Crippen molar-refractivity contribution < 1.29 is 25.9 Å². The third kappa shape index (κ3) is 2.85. The SMILES string of the molecule is O=S(=O)(O)c1ccccc1-c1cscc1S(=O)(=O)O. The molecule has 2 aromatic rings. The van der Waals surface area contributed by atoms with E-state index in [1.807, 2.05) is 0 Å². The minimum Gasteiger partial charge on any atom is -0.282 e. The molecule has 1 aromatic heterocycles. The van der Waals surface area contributed by atoms with Gasteiger partial charge >= 0.3 is 0 Å². The highest BCUT2D eigenvalue weighted by atomic mass is 32.2. The molecule has 0 saturated heterocycles. The Labute approximate surface area is 113 Å². The second-order valence-corrected chi connectivity index (χ2v) is 7.12. The Morgan fingerprint density at radius 1 is 0.789 bits per heavy atom. The molecular formula is C10H8O6S3. The summed E-state index contributed by atoms with van der Waals surface area (Å²) in [7, 11) is -8.96. The fourth-order valence-corrected chi connectivity index (χ4v) is 4.18. The molecule has 2 N–H and O–H groups in total. The number of hydrogen-bond donors (Lipinski definition) is 2. The fourth-order valence-electron chi connectivity index (χ4n) is 1.60. The molecule has 19 heavy (non-hydrogen) atoms. The summed E-state index contributed by atoms with van der Waals surface area (Å²) in [5, 5.41) is 2.57. The number of benzene rings is 1. The summed E-state index contributed by atoms with van der Waals surface area (Å²) in [6.45, 7) is 0. The lowest BCUT2D eigenvalue weighted by Gasteiger charge is -2.06. The van der Waals surface area contributed by atoms with E-state index < -0.39 is 30.0 Å². The van der Waals surface area contributed by atoms with Crippen molar-refractivity contribution in [2.75, 3.05) is 0 Å². The molecule has 0 aliphatic rings. The van der Waals surface area contributed by atoms with Crippen LogP contribution < -0.4 is 0 Å². The van der Waals surface area contributed by atoms with Gasteiger partial charge in [-0.3, -0.25) is 9.11 Å². The fraction of sp³-hybridized carbons (Fsp3) is 0. The van der Waals surface area contributed by atoms with Crippen LogP contribution in [0, 0.1) is 0 Å². The highest BCUT2D eigenvalue weighted by Crippen LogP contribution is 2.34. The molecule has 6 nitrogen and oxygen atoms in total. The molecule has 1 aromatic carbocycles. The summed E-state index contributed by atoms with van der Waals surface area (Å²) in [6, 6.07) is 5.39. The largest absolute Gasteiger partial charge is 0.295 e. The van der Waals surface area contributed by atoms with Crippen LogP contribution in [-0.4, -0.2) is 25.9 Å². The van der Waals surface area contributed by atoms with E-state index in [-0.39, 0.29) is 11.1 Å². The summed E-state index contributed by atoms with van der Waals surface area (Å²) in [5.74, 6) is 0. The zero-order chi connectivity index (χ0) is 14.3. The monoisotopic (exact) mass is 320 g/mol. The average Bonchev–Trinajstić information content (AvgIpc) is 2.76. The molecule has 0 aliphatic carbocycles. The Hall–Kier alpha value is -1.26. The smallest absolute Gasteiger partial charge is 0.282 e. The van der Waals surface area contributed by atoms with Gasteiger partial charge < -0.3 is 0 Å². The van der Waals surface area contributed by atoms with Gasteiger partial charge in [-0.25, -0.2) is 0 Å². The summed E-state index contributed by atoms with van der Waals surface area (Å²) in [5.41, 5.74) is 0.0413. The first-order chi connectivity index (χ1) is 8.71. The lowest BCUT2D eigenvalue weighted by Crippen LogP contribution is -2.03. The molecule has 0 bridgehead atoms. The van der Waals surface area contributed by atoms with Gasteiger partial charge in [0.15, 0.2) is 0 Å². The highest BCUT2D eigenvalue weighted by molar-refractivity contribution is 7.86. The lowest BCUT2D eigenvalue weighted by atomic mass is 10.1. The normalized spacial score (nSPS) is 12.5. The number of thiophene rings is 1. The molecule has 0 spiro atoms. The molecule has 102 valence electrons. The van der Waals surface area contributed by atoms with E-state index in [1.54, 1.807) is 0 Å². The van der Waals surface area contributed by atoms with E-state index in [4.69, 9.17) is 9.11 Å². The summed E-state index contributed by atoms with van der Waals surface area (Å²) in [6.07, 6.45) is 0. The van der Waals surface area contributed by atoms with E-state index in [2.05, 4.69) is 0 Å². The van der Waals surface area contributed by atoms with Crippen molar-refractivity contribution in [3.05, 3.63) is 35.0 Å². The van der Waals surface area contributed by atoms with Gasteiger partial charge in [0.05, 0.1) is 0 Å². The molecule has 0 atom stereocenters. The average molecular weight is 320 g/mol. The minimum absolute atomic E-state index is 0.0128. The third-order valence-corrected chi connectivity index (χ3v) is 5.06. The highest BCUT2D eigenvalue weighted by Gasteiger charge is 2.23. The summed E-state index contributed by atoms with van der Waals surface area (Å²) >= 11 is 0.992. The van der Waals surface area contributed by atoms with Crippen LogP contribution in [0.2, 0.25) is 0 Å². The van der Waals surface area contributed by atoms with Gasteiger partial charge in [0.2, 0.25) is 0 Å². The molecule has 0 saturated carbocycles. The predicted octanol–water partition coefficient (Wildman–Crippen LogP) is 1.91. The van der Waals surface area contributed by atoms with E-state index in [1.165, 1.54) is 29.0 Å². The Kier molecular flexibility index (Phi) is 3.49. The summed E-state index contributed by atoms with van der Waals surface area (Å²) in [4.78, 5) is -0.813. The van der Waals surface area contributed by atoms with Gasteiger partial charge in [-0.05, 0) is 6.07 Å². The van der Waals surface area contributed by atoms with Gasteiger partial charge in [-0.1, -0.05) is 18.2 Å². The molecule has 0 unspecified atom stereocenters. The van der Waals surface area contributed by atoms with Crippen molar-refractivity contribution >= 4 is 31.6 Å². The maximum Gasteiger partial charge on any atom is 0.295 e. The zero-order valence-electron chi connectivity index (χ0n) is 9.22. The second kappa shape index (κ2) is 4.69. The van der Waals surface area contributed by atoms with Crippen LogP contribution in [0.1, 0.15) is 0 Å². The van der Waals surface area contributed by atoms with Crippen molar-refractivity contribution in [2.24, 2.45) is 0 Å². The van der Waals surface area contributed by atoms with Crippen molar-refractivity contribution in [2.45, 2.75) is 9.79 Å². The van der Waals surface area contributed by atoms with E-state index in [0.29, 0.717) is 0 Å². The maximum absolute atomic E-state index is 11.3. The van der Waals surface area contributed by atoms with Crippen LogP contribution in [0.15, 0.2) is 44.8 Å². The standard InChI is InChI=1S/C10H8O6S3/c11-18(12,13)9-4-2-1-3-7(9)8-5-17-6-10(8)19(14,15)16/h1-6H,(H,11,12,13)(H,14,15,16). The first-order valence-electron chi connectivity index (χ1n) is 4.82. The van der Waals surface area contributed by atoms with Gasteiger partial charge in [0, 0.05) is 21.9 Å². The van der Waals surface area contributed by atoms with Crippen LogP contribution in [0.5, 0.6) is 0 Å². The molecule has 0 radical (unpaired) electrons. The van der Waals surface area contributed by atoms with Crippen molar-refractivity contribution in [3.63, 3.8) is 0 Å². The van der Waals surface area contributed by atoms with Crippen LogP contribution in [-0.2, 0) is 20.2 Å². The Balaban J connectivity index is 2.79. The minimum atomic E-state index is -4.49. The Morgan fingerprint density at radius 3 is 1.95 bits per heavy atom. The zero-order valence-corrected chi connectivity index (χ0v) is 11.7. The second-order valence-electron chi connectivity index (χ2n) is 3.60. The third-order valence-electron chi connectivity index (χ3n) is 2.36. The van der Waals surface area contributed by atoms with Crippen molar-refractivity contribution in [1.82, 2.24) is 0 Å². The van der Waals surface area contributed by atoms with Crippen LogP contribution in [0.25, 0.3) is 11.1 Å². The molecule has 9 heteroatoms. The maximum atomic E-state index is 11.3. The van der Waals surface area contributed by atoms with Crippen LogP contribution in [0.3, 0.4) is 0 Å². The molecular weight excluding hydrogens is 312 g/mol. The Morgan fingerprint density at radius 2 is 1.37 bits per heavy atom. The van der Waals surface area contributed by atoms with Gasteiger partial charge in [0.1, 0.15) is 9.79 Å². The molecule has 1 heterocycles. The molecule has 0 amide bonds. The van der Waals surface area contributed by atoms with Gasteiger partial charge in [-0.15, -0.1) is 0 Å². The molecule has 0 fully saturated rings. The first kappa shape index (κ1) is 14.2. The lowest BCUT2D eigenvalue weighted by molar-refractivity contribution is 0.480. The number of rotatable bonds is 3. The van der Waals surface area contributed by atoms with Crippen molar-refractivity contribution in [1.29, 1.82) is 0 Å².